The van der Waals surface area contributed by atoms with E-state index in [1.807, 2.05) is 12.3 Å². The molecule has 0 N–H and O–H groups in total. The van der Waals surface area contributed by atoms with E-state index in [2.05, 4.69) is 42.8 Å². The van der Waals surface area contributed by atoms with Gasteiger partial charge in [-0.1, -0.05) is 23.7 Å². The Kier molecular flexibility index (Phi) is 5.81. The van der Waals surface area contributed by atoms with Crippen LogP contribution in [0.15, 0.2) is 30.5 Å². The lowest BCUT2D eigenvalue weighted by atomic mass is 10.1. The summed E-state index contributed by atoms with van der Waals surface area (Å²) in [7, 11) is 0. The van der Waals surface area contributed by atoms with Crippen molar-refractivity contribution in [1.29, 1.82) is 0 Å². The Morgan fingerprint density at radius 1 is 0.900 bits per heavy atom. The SMILES string of the molecule is Clc1cc(-c2ccc3cnn(CCN4CCOCC4)c3c2)nc(N2CCOCC2)n1. The molecule has 1 aromatic carbocycles. The zero-order valence-electron chi connectivity index (χ0n) is 16.8. The zero-order chi connectivity index (χ0) is 20.3. The Morgan fingerprint density at radius 2 is 1.67 bits per heavy atom. The minimum atomic E-state index is 0.447. The third-order valence-corrected chi connectivity index (χ3v) is 5.84. The maximum absolute atomic E-state index is 6.34. The molecule has 8 nitrogen and oxygen atoms in total. The van der Waals surface area contributed by atoms with Crippen LogP contribution in [0.3, 0.4) is 0 Å². The van der Waals surface area contributed by atoms with Crippen LogP contribution in [-0.4, -0.2) is 83.8 Å². The van der Waals surface area contributed by atoms with Crippen molar-refractivity contribution in [2.24, 2.45) is 0 Å². The van der Waals surface area contributed by atoms with Crippen LogP contribution in [0.1, 0.15) is 0 Å². The molecule has 2 aliphatic heterocycles. The molecule has 0 unspecified atom stereocenters. The summed E-state index contributed by atoms with van der Waals surface area (Å²) < 4.78 is 12.9. The van der Waals surface area contributed by atoms with E-state index in [4.69, 9.17) is 26.1 Å². The number of nitrogens with zero attached hydrogens (tertiary/aromatic N) is 6. The van der Waals surface area contributed by atoms with Crippen LogP contribution in [-0.2, 0) is 16.0 Å². The van der Waals surface area contributed by atoms with Crippen molar-refractivity contribution < 1.29 is 9.47 Å². The van der Waals surface area contributed by atoms with Gasteiger partial charge in [0.1, 0.15) is 5.15 Å². The first-order chi connectivity index (χ1) is 14.8. The van der Waals surface area contributed by atoms with E-state index >= 15 is 0 Å². The van der Waals surface area contributed by atoms with E-state index in [1.54, 1.807) is 0 Å². The number of anilines is 1. The summed E-state index contributed by atoms with van der Waals surface area (Å²) in [6.07, 6.45) is 1.92. The maximum atomic E-state index is 6.34. The standard InChI is InChI=1S/C21H25ClN6O2/c22-20-14-18(24-21(25-20)27-7-11-30-12-8-27)16-1-2-17-15-23-28(19(17)13-16)4-3-26-5-9-29-10-6-26/h1-2,13-15H,3-12H2. The number of benzene rings is 1. The van der Waals surface area contributed by atoms with Crippen molar-refractivity contribution >= 4 is 28.5 Å². The van der Waals surface area contributed by atoms with Crippen molar-refractivity contribution in [1.82, 2.24) is 24.6 Å². The molecular formula is C21H25ClN6O2. The summed E-state index contributed by atoms with van der Waals surface area (Å²) in [6, 6.07) is 8.12. The Labute approximate surface area is 180 Å². The molecule has 30 heavy (non-hydrogen) atoms. The fourth-order valence-corrected chi connectivity index (χ4v) is 4.11. The highest BCUT2D eigenvalue weighted by atomic mass is 35.5. The first-order valence-corrected chi connectivity index (χ1v) is 10.8. The van der Waals surface area contributed by atoms with Gasteiger partial charge in [-0.2, -0.15) is 5.10 Å². The maximum Gasteiger partial charge on any atom is 0.227 e. The summed E-state index contributed by atoms with van der Waals surface area (Å²) in [5.74, 6) is 0.654. The highest BCUT2D eigenvalue weighted by Crippen LogP contribution is 2.27. The van der Waals surface area contributed by atoms with E-state index in [-0.39, 0.29) is 0 Å². The van der Waals surface area contributed by atoms with E-state index < -0.39 is 0 Å². The Morgan fingerprint density at radius 3 is 2.47 bits per heavy atom. The molecule has 158 valence electrons. The molecule has 0 amide bonds. The molecule has 0 spiro atoms. The third kappa shape index (κ3) is 4.27. The van der Waals surface area contributed by atoms with Crippen LogP contribution in [0.4, 0.5) is 5.95 Å². The molecular weight excluding hydrogens is 404 g/mol. The van der Waals surface area contributed by atoms with Crippen molar-refractivity contribution in [3.05, 3.63) is 35.6 Å². The first kappa shape index (κ1) is 19.7. The molecule has 3 aromatic rings. The fourth-order valence-electron chi connectivity index (χ4n) is 3.93. The molecule has 5 rings (SSSR count). The summed E-state index contributed by atoms with van der Waals surface area (Å²) in [4.78, 5) is 13.7. The van der Waals surface area contributed by atoms with Crippen LogP contribution in [0.5, 0.6) is 0 Å². The van der Waals surface area contributed by atoms with Crippen molar-refractivity contribution in [2.45, 2.75) is 6.54 Å². The van der Waals surface area contributed by atoms with Gasteiger partial charge >= 0.3 is 0 Å². The lowest BCUT2D eigenvalue weighted by Gasteiger charge is -2.27. The second-order valence-electron chi connectivity index (χ2n) is 7.57. The van der Waals surface area contributed by atoms with Gasteiger partial charge < -0.3 is 14.4 Å². The number of halogens is 1. The van der Waals surface area contributed by atoms with Crippen LogP contribution in [0, 0.1) is 0 Å². The Balaban J connectivity index is 1.41. The topological polar surface area (TPSA) is 68.5 Å². The van der Waals surface area contributed by atoms with Gasteiger partial charge in [0.05, 0.1) is 50.4 Å². The van der Waals surface area contributed by atoms with Gasteiger partial charge in [0.2, 0.25) is 5.95 Å². The highest BCUT2D eigenvalue weighted by Gasteiger charge is 2.17. The highest BCUT2D eigenvalue weighted by molar-refractivity contribution is 6.29. The zero-order valence-corrected chi connectivity index (χ0v) is 17.6. The molecule has 0 bridgehead atoms. The van der Waals surface area contributed by atoms with Crippen LogP contribution in [0.2, 0.25) is 5.15 Å². The van der Waals surface area contributed by atoms with Gasteiger partial charge in [0.15, 0.2) is 0 Å². The molecule has 4 heterocycles. The monoisotopic (exact) mass is 428 g/mol. The molecule has 2 aliphatic rings. The summed E-state index contributed by atoms with van der Waals surface area (Å²) in [5.41, 5.74) is 2.93. The first-order valence-electron chi connectivity index (χ1n) is 10.4. The predicted molar refractivity (Wildman–Crippen MR) is 116 cm³/mol. The van der Waals surface area contributed by atoms with Gasteiger partial charge in [-0.15, -0.1) is 0 Å². The molecule has 0 atom stereocenters. The number of aromatic nitrogens is 4. The molecule has 2 aromatic heterocycles. The summed E-state index contributed by atoms with van der Waals surface area (Å²) >= 11 is 6.34. The normalized spacial score (nSPS) is 18.2. The average Bonchev–Trinajstić information content (AvgIpc) is 3.21. The lowest BCUT2D eigenvalue weighted by Crippen LogP contribution is -2.38. The fraction of sp³-hybridized carbons (Fsp3) is 0.476. The predicted octanol–water partition coefficient (Wildman–Crippen LogP) is 2.32. The summed E-state index contributed by atoms with van der Waals surface area (Å²) in [6.45, 7) is 8.29. The molecule has 0 radical (unpaired) electrons. The minimum Gasteiger partial charge on any atom is -0.379 e. The number of ether oxygens (including phenoxy) is 2. The van der Waals surface area contributed by atoms with Gasteiger partial charge in [0.25, 0.3) is 0 Å². The van der Waals surface area contributed by atoms with Gasteiger partial charge in [-0.05, 0) is 6.07 Å². The van der Waals surface area contributed by atoms with E-state index in [0.29, 0.717) is 24.3 Å². The van der Waals surface area contributed by atoms with E-state index in [9.17, 15) is 0 Å². The number of rotatable bonds is 5. The number of hydrogen-bond donors (Lipinski definition) is 0. The van der Waals surface area contributed by atoms with Gasteiger partial charge in [-0.25, -0.2) is 9.97 Å². The average molecular weight is 429 g/mol. The molecule has 0 aliphatic carbocycles. The number of hydrogen-bond acceptors (Lipinski definition) is 7. The second-order valence-corrected chi connectivity index (χ2v) is 7.96. The number of fused-ring (bicyclic) bond motifs is 1. The largest absolute Gasteiger partial charge is 0.379 e. The smallest absolute Gasteiger partial charge is 0.227 e. The van der Waals surface area contributed by atoms with Gasteiger partial charge in [-0.3, -0.25) is 9.58 Å². The summed E-state index contributed by atoms with van der Waals surface area (Å²) in [5, 5.41) is 6.17. The quantitative estimate of drug-likeness (QED) is 0.577. The number of morpholine rings is 2. The van der Waals surface area contributed by atoms with Crippen molar-refractivity contribution in [3.8, 4) is 11.3 Å². The molecule has 0 saturated carbocycles. The lowest BCUT2D eigenvalue weighted by molar-refractivity contribution is 0.0361. The van der Waals surface area contributed by atoms with Crippen LogP contribution < -0.4 is 4.90 Å². The van der Waals surface area contributed by atoms with Crippen LogP contribution in [0.25, 0.3) is 22.2 Å². The van der Waals surface area contributed by atoms with Gasteiger partial charge in [0, 0.05) is 49.7 Å². The molecule has 9 heteroatoms. The van der Waals surface area contributed by atoms with Crippen molar-refractivity contribution in [3.63, 3.8) is 0 Å². The molecule has 2 saturated heterocycles. The minimum absolute atomic E-state index is 0.447. The van der Waals surface area contributed by atoms with Crippen molar-refractivity contribution in [2.75, 3.05) is 64.1 Å². The Bertz CT molecular complexity index is 1010. The third-order valence-electron chi connectivity index (χ3n) is 5.65. The Hall–Kier alpha value is -2.26. The molecule has 2 fully saturated rings. The van der Waals surface area contributed by atoms with Crippen LogP contribution >= 0.6 is 11.6 Å². The van der Waals surface area contributed by atoms with E-state index in [0.717, 1.165) is 74.6 Å². The second kappa shape index (κ2) is 8.85. The van der Waals surface area contributed by atoms with E-state index in [1.165, 1.54) is 0 Å².